The Balaban J connectivity index is 1.33. The molecule has 3 nitrogen and oxygen atoms in total. The minimum absolute atomic E-state index is 0.245. The molecule has 2 rings (SSSR count). The molecule has 0 aromatic heterocycles. The number of unbranched alkanes of at least 4 members (excludes halogenated alkanes) is 4. The van der Waals surface area contributed by atoms with Crippen LogP contribution in [-0.2, 0) is 20.8 Å². The van der Waals surface area contributed by atoms with Crippen molar-refractivity contribution < 1.29 is 14.2 Å². The second-order valence-corrected chi connectivity index (χ2v) is 5.58. The molecular weight excluding hydrogens is 252 g/mol. The summed E-state index contributed by atoms with van der Waals surface area (Å²) in [5.41, 5.74) is 1.25. The van der Waals surface area contributed by atoms with E-state index in [0.717, 1.165) is 39.3 Å². The highest BCUT2D eigenvalue weighted by molar-refractivity contribution is 5.13. The van der Waals surface area contributed by atoms with E-state index in [1.165, 1.54) is 24.8 Å². The summed E-state index contributed by atoms with van der Waals surface area (Å²) in [6, 6.07) is 10.3. The minimum atomic E-state index is -0.245. The highest BCUT2D eigenvalue weighted by Gasteiger charge is 2.40. The molecule has 1 aromatic rings. The van der Waals surface area contributed by atoms with Crippen LogP contribution in [0.1, 0.15) is 44.6 Å². The topological polar surface area (TPSA) is 31.0 Å². The Bertz CT molecular complexity index is 360. The van der Waals surface area contributed by atoms with Gasteiger partial charge in [-0.05, 0) is 25.3 Å². The van der Waals surface area contributed by atoms with Crippen LogP contribution in [0.5, 0.6) is 0 Å². The number of ether oxygens (including phenoxy) is 3. The van der Waals surface area contributed by atoms with Crippen LogP contribution in [0.25, 0.3) is 0 Å². The molecule has 0 amide bonds. The maximum absolute atomic E-state index is 5.66. The minimum Gasteiger partial charge on any atom is -0.377 e. The first-order valence-electron chi connectivity index (χ1n) is 7.68. The summed E-state index contributed by atoms with van der Waals surface area (Å²) >= 11 is 0. The summed E-state index contributed by atoms with van der Waals surface area (Å²) in [5, 5.41) is 0. The van der Waals surface area contributed by atoms with E-state index < -0.39 is 0 Å². The van der Waals surface area contributed by atoms with Crippen molar-refractivity contribution >= 4 is 0 Å². The summed E-state index contributed by atoms with van der Waals surface area (Å²) in [5.74, 6) is -0.245. The van der Waals surface area contributed by atoms with Crippen LogP contribution >= 0.6 is 0 Å². The molecule has 1 aliphatic rings. The van der Waals surface area contributed by atoms with E-state index in [0.29, 0.717) is 0 Å². The number of benzene rings is 1. The predicted octanol–water partition coefficient (Wildman–Crippen LogP) is 3.92. The van der Waals surface area contributed by atoms with E-state index in [4.69, 9.17) is 14.2 Å². The van der Waals surface area contributed by atoms with Gasteiger partial charge in [-0.3, -0.25) is 0 Å². The average molecular weight is 278 g/mol. The number of rotatable bonds is 11. The summed E-state index contributed by atoms with van der Waals surface area (Å²) < 4.78 is 16.4. The van der Waals surface area contributed by atoms with Crippen molar-refractivity contribution in [3.05, 3.63) is 35.9 Å². The van der Waals surface area contributed by atoms with Gasteiger partial charge in [0.2, 0.25) is 0 Å². The standard InChI is InChI=1S/C17H26O3/c1-17(15-20-17)19-13-9-4-2-3-8-12-18-14-16-10-6-5-7-11-16/h5-7,10-11H,2-4,8-9,12-15H2,1H3. The van der Waals surface area contributed by atoms with Gasteiger partial charge in [0.15, 0.2) is 5.79 Å². The van der Waals surface area contributed by atoms with Gasteiger partial charge in [0.1, 0.15) is 6.61 Å². The number of epoxide rings is 1. The fourth-order valence-electron chi connectivity index (χ4n) is 2.07. The third-order valence-electron chi connectivity index (χ3n) is 3.50. The van der Waals surface area contributed by atoms with Gasteiger partial charge < -0.3 is 14.2 Å². The predicted molar refractivity (Wildman–Crippen MR) is 79.5 cm³/mol. The Morgan fingerprint density at radius 2 is 1.65 bits per heavy atom. The van der Waals surface area contributed by atoms with E-state index >= 15 is 0 Å². The summed E-state index contributed by atoms with van der Waals surface area (Å²) in [6.45, 7) is 5.16. The highest BCUT2D eigenvalue weighted by Crippen LogP contribution is 2.27. The van der Waals surface area contributed by atoms with E-state index in [2.05, 4.69) is 12.1 Å². The lowest BCUT2D eigenvalue weighted by Gasteiger charge is -2.07. The maximum Gasteiger partial charge on any atom is 0.189 e. The summed E-state index contributed by atoms with van der Waals surface area (Å²) in [6.07, 6.45) is 6.01. The molecular formula is C17H26O3. The Kier molecular flexibility index (Phi) is 6.51. The SMILES string of the molecule is CC1(OCCCCCCCOCc2ccccc2)CO1. The molecule has 1 saturated heterocycles. The Labute approximate surface area is 122 Å². The average Bonchev–Trinajstić information content (AvgIpc) is 3.20. The fraction of sp³-hybridized carbons (Fsp3) is 0.647. The highest BCUT2D eigenvalue weighted by atomic mass is 16.8. The number of hydrogen-bond acceptors (Lipinski definition) is 3. The third kappa shape index (κ3) is 6.51. The van der Waals surface area contributed by atoms with Gasteiger partial charge in [0, 0.05) is 6.61 Å². The fourth-order valence-corrected chi connectivity index (χ4v) is 2.07. The maximum atomic E-state index is 5.66. The van der Waals surface area contributed by atoms with Crippen molar-refractivity contribution in [2.75, 3.05) is 19.8 Å². The van der Waals surface area contributed by atoms with E-state index in [-0.39, 0.29) is 5.79 Å². The molecule has 1 aromatic carbocycles. The van der Waals surface area contributed by atoms with Gasteiger partial charge in [0.25, 0.3) is 0 Å². The van der Waals surface area contributed by atoms with Gasteiger partial charge in [-0.1, -0.05) is 49.6 Å². The van der Waals surface area contributed by atoms with Crippen LogP contribution in [0.15, 0.2) is 30.3 Å². The molecule has 3 heteroatoms. The first kappa shape index (κ1) is 15.5. The van der Waals surface area contributed by atoms with Gasteiger partial charge in [0.05, 0.1) is 13.2 Å². The Morgan fingerprint density at radius 3 is 2.35 bits per heavy atom. The normalized spacial score (nSPS) is 21.1. The second kappa shape index (κ2) is 8.40. The lowest BCUT2D eigenvalue weighted by Crippen LogP contribution is -2.11. The molecule has 112 valence electrons. The quantitative estimate of drug-likeness (QED) is 0.454. The summed E-state index contributed by atoms with van der Waals surface area (Å²) in [4.78, 5) is 0. The van der Waals surface area contributed by atoms with Crippen molar-refractivity contribution in [1.82, 2.24) is 0 Å². The van der Waals surface area contributed by atoms with Crippen LogP contribution in [-0.4, -0.2) is 25.6 Å². The first-order chi connectivity index (χ1) is 9.79. The number of hydrogen-bond donors (Lipinski definition) is 0. The van der Waals surface area contributed by atoms with Gasteiger partial charge in [-0.25, -0.2) is 0 Å². The van der Waals surface area contributed by atoms with Crippen LogP contribution < -0.4 is 0 Å². The molecule has 0 N–H and O–H groups in total. The van der Waals surface area contributed by atoms with Crippen molar-refractivity contribution in [2.24, 2.45) is 0 Å². The zero-order valence-corrected chi connectivity index (χ0v) is 12.5. The van der Waals surface area contributed by atoms with Crippen molar-refractivity contribution in [3.63, 3.8) is 0 Å². The molecule has 0 bridgehead atoms. The third-order valence-corrected chi connectivity index (χ3v) is 3.50. The van der Waals surface area contributed by atoms with Crippen molar-refractivity contribution in [2.45, 2.75) is 51.4 Å². The molecule has 1 atom stereocenters. The van der Waals surface area contributed by atoms with E-state index in [9.17, 15) is 0 Å². The monoisotopic (exact) mass is 278 g/mol. The second-order valence-electron chi connectivity index (χ2n) is 5.58. The largest absolute Gasteiger partial charge is 0.377 e. The first-order valence-corrected chi connectivity index (χ1v) is 7.68. The van der Waals surface area contributed by atoms with Crippen molar-refractivity contribution in [3.8, 4) is 0 Å². The lowest BCUT2D eigenvalue weighted by molar-refractivity contribution is -0.0309. The molecule has 0 radical (unpaired) electrons. The molecule has 1 aliphatic heterocycles. The summed E-state index contributed by atoms with van der Waals surface area (Å²) in [7, 11) is 0. The Hall–Kier alpha value is -0.900. The zero-order chi connectivity index (χ0) is 14.1. The lowest BCUT2D eigenvalue weighted by atomic mass is 10.1. The molecule has 0 spiro atoms. The van der Waals surface area contributed by atoms with Crippen LogP contribution in [0.4, 0.5) is 0 Å². The Morgan fingerprint density at radius 1 is 1.00 bits per heavy atom. The molecule has 20 heavy (non-hydrogen) atoms. The molecule has 0 aliphatic carbocycles. The van der Waals surface area contributed by atoms with Gasteiger partial charge >= 0.3 is 0 Å². The smallest absolute Gasteiger partial charge is 0.189 e. The molecule has 1 unspecified atom stereocenters. The van der Waals surface area contributed by atoms with Gasteiger partial charge in [-0.2, -0.15) is 0 Å². The van der Waals surface area contributed by atoms with Crippen LogP contribution in [0.3, 0.4) is 0 Å². The van der Waals surface area contributed by atoms with Gasteiger partial charge in [-0.15, -0.1) is 0 Å². The molecule has 0 saturated carbocycles. The van der Waals surface area contributed by atoms with E-state index in [1.54, 1.807) is 0 Å². The van der Waals surface area contributed by atoms with E-state index in [1.807, 2.05) is 25.1 Å². The molecule has 1 fully saturated rings. The molecule has 1 heterocycles. The van der Waals surface area contributed by atoms with Crippen LogP contribution in [0, 0.1) is 0 Å². The van der Waals surface area contributed by atoms with Crippen LogP contribution in [0.2, 0.25) is 0 Å². The zero-order valence-electron chi connectivity index (χ0n) is 12.5. The van der Waals surface area contributed by atoms with Crippen molar-refractivity contribution in [1.29, 1.82) is 0 Å².